The number of sulfonamides is 1. The van der Waals surface area contributed by atoms with Gasteiger partial charge in [-0.2, -0.15) is 0 Å². The van der Waals surface area contributed by atoms with Crippen LogP contribution in [0.1, 0.15) is 18.3 Å². The van der Waals surface area contributed by atoms with Gasteiger partial charge in [0.2, 0.25) is 10.0 Å². The third-order valence-corrected chi connectivity index (χ3v) is 5.23. The molecular formula is C17H21FN2O4S. The van der Waals surface area contributed by atoms with Crippen LogP contribution in [0, 0.1) is 5.82 Å². The summed E-state index contributed by atoms with van der Waals surface area (Å²) in [5, 5.41) is 0. The van der Waals surface area contributed by atoms with Crippen molar-refractivity contribution in [1.82, 2.24) is 9.29 Å². The first-order valence-corrected chi connectivity index (χ1v) is 9.36. The van der Waals surface area contributed by atoms with Gasteiger partial charge in [-0.3, -0.25) is 4.79 Å². The fraction of sp³-hybridized carbons (Fsp3) is 0.353. The Morgan fingerprint density at radius 2 is 1.80 bits per heavy atom. The van der Waals surface area contributed by atoms with E-state index < -0.39 is 15.8 Å². The number of hydrogen-bond acceptors (Lipinski definition) is 4. The van der Waals surface area contributed by atoms with Crippen molar-refractivity contribution < 1.29 is 22.3 Å². The summed E-state index contributed by atoms with van der Waals surface area (Å²) < 4.78 is 46.4. The second-order valence-electron chi connectivity index (χ2n) is 5.46. The van der Waals surface area contributed by atoms with E-state index in [4.69, 9.17) is 4.74 Å². The van der Waals surface area contributed by atoms with E-state index in [9.17, 15) is 17.6 Å². The molecule has 8 heteroatoms. The lowest BCUT2D eigenvalue weighted by Gasteiger charge is -2.09. The fourth-order valence-electron chi connectivity index (χ4n) is 2.40. The second kappa shape index (κ2) is 8.26. The molecule has 0 bridgehead atoms. The van der Waals surface area contributed by atoms with Crippen LogP contribution in [-0.4, -0.2) is 32.1 Å². The number of rotatable bonds is 8. The highest BCUT2D eigenvalue weighted by molar-refractivity contribution is 7.89. The molecule has 1 aromatic carbocycles. The van der Waals surface area contributed by atoms with Gasteiger partial charge in [-0.15, -0.1) is 0 Å². The monoisotopic (exact) mass is 368 g/mol. The van der Waals surface area contributed by atoms with Crippen LogP contribution in [0.5, 0.6) is 0 Å². The molecule has 0 fully saturated rings. The Morgan fingerprint density at radius 3 is 2.44 bits per heavy atom. The maximum Gasteiger partial charge on any atom is 0.311 e. The standard InChI is InChI=1S/C17H21FN2O4S/c1-3-24-17(21)12-15-7-6-14(20(15)2)10-11-19-25(22,23)16-8-4-13(18)5-9-16/h4-9,19H,3,10-12H2,1-2H3. The van der Waals surface area contributed by atoms with Crippen LogP contribution in [0.2, 0.25) is 0 Å². The molecule has 0 aliphatic heterocycles. The topological polar surface area (TPSA) is 77.4 Å². The number of halogens is 1. The van der Waals surface area contributed by atoms with Gasteiger partial charge >= 0.3 is 5.97 Å². The number of nitrogens with one attached hydrogen (secondary N) is 1. The molecular weight excluding hydrogens is 347 g/mol. The molecule has 6 nitrogen and oxygen atoms in total. The molecule has 2 rings (SSSR count). The largest absolute Gasteiger partial charge is 0.466 e. The van der Waals surface area contributed by atoms with Gasteiger partial charge in [0, 0.05) is 31.4 Å². The number of aromatic nitrogens is 1. The molecule has 0 spiro atoms. The molecule has 2 aromatic rings. The highest BCUT2D eigenvalue weighted by Gasteiger charge is 2.14. The van der Waals surface area contributed by atoms with Crippen molar-refractivity contribution in [2.45, 2.75) is 24.7 Å². The molecule has 1 N–H and O–H groups in total. The molecule has 0 aliphatic carbocycles. The van der Waals surface area contributed by atoms with Crippen molar-refractivity contribution in [3.8, 4) is 0 Å². The van der Waals surface area contributed by atoms with Crippen molar-refractivity contribution in [3.63, 3.8) is 0 Å². The van der Waals surface area contributed by atoms with Crippen molar-refractivity contribution in [2.75, 3.05) is 13.2 Å². The first kappa shape index (κ1) is 19.1. The lowest BCUT2D eigenvalue weighted by atomic mass is 10.3. The predicted molar refractivity (Wildman–Crippen MR) is 91.0 cm³/mol. The van der Waals surface area contributed by atoms with Gasteiger partial charge in [0.1, 0.15) is 5.82 Å². The van der Waals surface area contributed by atoms with Crippen molar-refractivity contribution in [3.05, 3.63) is 53.6 Å². The summed E-state index contributed by atoms with van der Waals surface area (Å²) in [6.07, 6.45) is 0.630. The first-order valence-electron chi connectivity index (χ1n) is 7.88. The third-order valence-electron chi connectivity index (χ3n) is 3.76. The van der Waals surface area contributed by atoms with Gasteiger partial charge in [0.25, 0.3) is 0 Å². The molecule has 0 unspecified atom stereocenters. The molecule has 0 atom stereocenters. The Balaban J connectivity index is 1.94. The number of benzene rings is 1. The summed E-state index contributed by atoms with van der Waals surface area (Å²) in [5.41, 5.74) is 1.69. The summed E-state index contributed by atoms with van der Waals surface area (Å²) in [5.74, 6) is -0.788. The van der Waals surface area contributed by atoms with Crippen LogP contribution in [0.15, 0.2) is 41.3 Å². The number of esters is 1. The molecule has 0 saturated carbocycles. The summed E-state index contributed by atoms with van der Waals surface area (Å²) in [6, 6.07) is 8.32. The molecule has 0 amide bonds. The van der Waals surface area contributed by atoms with E-state index in [-0.39, 0.29) is 23.8 Å². The van der Waals surface area contributed by atoms with Crippen LogP contribution in [0.3, 0.4) is 0 Å². The Labute approximate surface area is 146 Å². The molecule has 0 aliphatic rings. The number of hydrogen-bond donors (Lipinski definition) is 1. The van der Waals surface area contributed by atoms with Gasteiger partial charge in [-0.25, -0.2) is 17.5 Å². The maximum atomic E-state index is 12.9. The number of carbonyl (C=O) groups is 1. The van der Waals surface area contributed by atoms with Crippen LogP contribution in [-0.2, 0) is 39.4 Å². The quantitative estimate of drug-likeness (QED) is 0.721. The number of nitrogens with zero attached hydrogens (tertiary/aromatic N) is 1. The van der Waals surface area contributed by atoms with E-state index in [1.165, 1.54) is 12.1 Å². The Morgan fingerprint density at radius 1 is 1.16 bits per heavy atom. The number of carbonyl (C=O) groups excluding carboxylic acids is 1. The zero-order valence-electron chi connectivity index (χ0n) is 14.2. The van der Waals surface area contributed by atoms with Crippen LogP contribution in [0.4, 0.5) is 4.39 Å². The van der Waals surface area contributed by atoms with E-state index in [1.807, 2.05) is 23.7 Å². The van der Waals surface area contributed by atoms with Crippen molar-refractivity contribution in [2.24, 2.45) is 7.05 Å². The first-order chi connectivity index (χ1) is 11.8. The summed E-state index contributed by atoms with van der Waals surface area (Å²) in [6.45, 7) is 2.28. The van der Waals surface area contributed by atoms with E-state index in [0.29, 0.717) is 13.0 Å². The van der Waals surface area contributed by atoms with Crippen molar-refractivity contribution in [1.29, 1.82) is 0 Å². The van der Waals surface area contributed by atoms with Crippen LogP contribution >= 0.6 is 0 Å². The normalized spacial score (nSPS) is 11.5. The molecule has 25 heavy (non-hydrogen) atoms. The molecule has 136 valence electrons. The third kappa shape index (κ3) is 5.14. The van der Waals surface area contributed by atoms with Gasteiger partial charge < -0.3 is 9.30 Å². The highest BCUT2D eigenvalue weighted by Crippen LogP contribution is 2.11. The molecule has 1 aromatic heterocycles. The maximum absolute atomic E-state index is 12.9. The lowest BCUT2D eigenvalue weighted by molar-refractivity contribution is -0.142. The summed E-state index contributed by atoms with van der Waals surface area (Å²) in [4.78, 5) is 11.6. The van der Waals surface area contributed by atoms with Gasteiger partial charge in [-0.1, -0.05) is 0 Å². The van der Waals surface area contributed by atoms with E-state index >= 15 is 0 Å². The van der Waals surface area contributed by atoms with E-state index in [0.717, 1.165) is 23.5 Å². The lowest BCUT2D eigenvalue weighted by Crippen LogP contribution is -2.26. The second-order valence-corrected chi connectivity index (χ2v) is 7.23. The average molecular weight is 368 g/mol. The predicted octanol–water partition coefficient (Wildman–Crippen LogP) is 1.79. The Kier molecular flexibility index (Phi) is 6.33. The van der Waals surface area contributed by atoms with E-state index in [2.05, 4.69) is 4.72 Å². The zero-order chi connectivity index (χ0) is 18.4. The number of ether oxygens (including phenoxy) is 1. The van der Waals surface area contributed by atoms with Crippen LogP contribution < -0.4 is 4.72 Å². The highest BCUT2D eigenvalue weighted by atomic mass is 32.2. The van der Waals surface area contributed by atoms with Crippen molar-refractivity contribution >= 4 is 16.0 Å². The molecule has 0 saturated heterocycles. The summed E-state index contributed by atoms with van der Waals surface area (Å²) in [7, 11) is -1.86. The molecule has 1 heterocycles. The molecule has 0 radical (unpaired) electrons. The van der Waals surface area contributed by atoms with Gasteiger partial charge in [-0.05, 0) is 43.3 Å². The van der Waals surface area contributed by atoms with E-state index in [1.54, 1.807) is 6.92 Å². The van der Waals surface area contributed by atoms with Crippen LogP contribution in [0.25, 0.3) is 0 Å². The minimum absolute atomic E-state index is 0.0174. The fourth-order valence-corrected chi connectivity index (χ4v) is 3.43. The Bertz CT molecular complexity index is 829. The Hall–Kier alpha value is -2.19. The minimum atomic E-state index is -3.68. The van der Waals surface area contributed by atoms with Gasteiger partial charge in [0.15, 0.2) is 0 Å². The summed E-state index contributed by atoms with van der Waals surface area (Å²) >= 11 is 0. The smallest absolute Gasteiger partial charge is 0.311 e. The minimum Gasteiger partial charge on any atom is -0.466 e. The SMILES string of the molecule is CCOC(=O)Cc1ccc(CCNS(=O)(=O)c2ccc(F)cc2)n1C. The zero-order valence-corrected chi connectivity index (χ0v) is 15.0. The van der Waals surface area contributed by atoms with Gasteiger partial charge in [0.05, 0.1) is 17.9 Å². The average Bonchev–Trinajstić information content (AvgIpc) is 2.88.